The fourth-order valence-electron chi connectivity index (χ4n) is 2.71. The molecule has 23 heavy (non-hydrogen) atoms. The lowest BCUT2D eigenvalue weighted by Gasteiger charge is -2.22. The van der Waals surface area contributed by atoms with E-state index in [0.29, 0.717) is 38.3 Å². The zero-order chi connectivity index (χ0) is 16.8. The number of benzene rings is 1. The lowest BCUT2D eigenvalue weighted by Crippen LogP contribution is -2.37. The van der Waals surface area contributed by atoms with Gasteiger partial charge in [0.2, 0.25) is 0 Å². The van der Waals surface area contributed by atoms with E-state index in [2.05, 4.69) is 0 Å². The van der Waals surface area contributed by atoms with Crippen molar-refractivity contribution in [1.82, 2.24) is 9.80 Å². The van der Waals surface area contributed by atoms with Crippen molar-refractivity contribution in [3.63, 3.8) is 0 Å². The van der Waals surface area contributed by atoms with Gasteiger partial charge in [0.1, 0.15) is 5.75 Å². The minimum absolute atomic E-state index is 0.0125. The highest BCUT2D eigenvalue weighted by atomic mass is 16.6. The molecule has 0 atom stereocenters. The van der Waals surface area contributed by atoms with Gasteiger partial charge < -0.3 is 19.3 Å². The number of hydrogen-bond donors (Lipinski definition) is 0. The van der Waals surface area contributed by atoms with Crippen LogP contribution in [0, 0.1) is 6.92 Å². The van der Waals surface area contributed by atoms with E-state index in [-0.39, 0.29) is 12.0 Å². The minimum Gasteiger partial charge on any atom is -0.496 e. The average molecular weight is 320 g/mol. The topological polar surface area (TPSA) is 59.1 Å². The van der Waals surface area contributed by atoms with Crippen LogP contribution in [0.4, 0.5) is 4.79 Å². The van der Waals surface area contributed by atoms with Crippen molar-refractivity contribution < 1.29 is 19.1 Å². The van der Waals surface area contributed by atoms with E-state index >= 15 is 0 Å². The summed E-state index contributed by atoms with van der Waals surface area (Å²) >= 11 is 0. The maximum atomic E-state index is 12.7. The van der Waals surface area contributed by atoms with Crippen LogP contribution >= 0.6 is 0 Å². The third kappa shape index (κ3) is 4.15. The SMILES string of the molecule is CCOC(=O)N1CCCN(C(=O)c2ccc(OC)c(C)c2)CC1. The molecular formula is C17H24N2O4. The van der Waals surface area contributed by atoms with Gasteiger partial charge >= 0.3 is 6.09 Å². The first-order valence-corrected chi connectivity index (χ1v) is 7.92. The Bertz CT molecular complexity index is 574. The Morgan fingerprint density at radius 3 is 2.48 bits per heavy atom. The van der Waals surface area contributed by atoms with Crippen LogP contribution in [0.15, 0.2) is 18.2 Å². The molecule has 1 aliphatic rings. The van der Waals surface area contributed by atoms with Crippen molar-refractivity contribution in [2.24, 2.45) is 0 Å². The normalized spacial score (nSPS) is 15.1. The third-order valence-electron chi connectivity index (χ3n) is 3.95. The molecule has 0 saturated carbocycles. The molecule has 1 aliphatic heterocycles. The fraction of sp³-hybridized carbons (Fsp3) is 0.529. The largest absolute Gasteiger partial charge is 0.496 e. The number of amides is 2. The predicted molar refractivity (Wildman–Crippen MR) is 86.8 cm³/mol. The highest BCUT2D eigenvalue weighted by Gasteiger charge is 2.23. The molecule has 1 fully saturated rings. The number of nitrogens with zero attached hydrogens (tertiary/aromatic N) is 2. The molecule has 1 aromatic rings. The Balaban J connectivity index is 2.03. The summed E-state index contributed by atoms with van der Waals surface area (Å²) in [5.41, 5.74) is 1.58. The van der Waals surface area contributed by atoms with Gasteiger partial charge in [-0.3, -0.25) is 4.79 Å². The molecule has 2 rings (SSSR count). The van der Waals surface area contributed by atoms with Gasteiger partial charge in [0.15, 0.2) is 0 Å². The molecular weight excluding hydrogens is 296 g/mol. The quantitative estimate of drug-likeness (QED) is 0.857. The zero-order valence-corrected chi connectivity index (χ0v) is 14.0. The second-order valence-electron chi connectivity index (χ2n) is 5.52. The molecule has 126 valence electrons. The zero-order valence-electron chi connectivity index (χ0n) is 14.0. The van der Waals surface area contributed by atoms with Crippen LogP contribution < -0.4 is 4.74 Å². The van der Waals surface area contributed by atoms with Gasteiger partial charge in [0.05, 0.1) is 13.7 Å². The highest BCUT2D eigenvalue weighted by molar-refractivity contribution is 5.94. The summed E-state index contributed by atoms with van der Waals surface area (Å²) in [6.45, 7) is 6.34. The number of ether oxygens (including phenoxy) is 2. The molecule has 1 heterocycles. The van der Waals surface area contributed by atoms with Crippen molar-refractivity contribution in [2.45, 2.75) is 20.3 Å². The first kappa shape index (κ1) is 17.1. The molecule has 1 aromatic carbocycles. The summed E-state index contributed by atoms with van der Waals surface area (Å²) in [6.07, 6.45) is 0.446. The first-order valence-electron chi connectivity index (χ1n) is 7.92. The molecule has 0 bridgehead atoms. The lowest BCUT2D eigenvalue weighted by atomic mass is 10.1. The van der Waals surface area contributed by atoms with Gasteiger partial charge in [0, 0.05) is 31.7 Å². The molecule has 0 unspecified atom stereocenters. The van der Waals surface area contributed by atoms with Gasteiger partial charge in [-0.05, 0) is 44.0 Å². The van der Waals surface area contributed by atoms with Gasteiger partial charge in [-0.25, -0.2) is 4.79 Å². The standard InChI is InChI=1S/C17H24N2O4/c1-4-23-17(21)19-9-5-8-18(10-11-19)16(20)14-6-7-15(22-3)13(2)12-14/h6-7,12H,4-5,8-11H2,1-3H3. The van der Waals surface area contributed by atoms with Crippen LogP contribution in [0.1, 0.15) is 29.3 Å². The smallest absolute Gasteiger partial charge is 0.409 e. The van der Waals surface area contributed by atoms with Crippen LogP contribution in [0.25, 0.3) is 0 Å². The Morgan fingerprint density at radius 1 is 1.13 bits per heavy atom. The van der Waals surface area contributed by atoms with Crippen molar-refractivity contribution >= 4 is 12.0 Å². The molecule has 0 N–H and O–H groups in total. The lowest BCUT2D eigenvalue weighted by molar-refractivity contribution is 0.0753. The number of aryl methyl sites for hydroxylation is 1. The van der Waals surface area contributed by atoms with Crippen LogP contribution in [0.2, 0.25) is 0 Å². The summed E-state index contributed by atoms with van der Waals surface area (Å²) in [6, 6.07) is 5.43. The second kappa shape index (κ2) is 7.85. The molecule has 2 amide bonds. The van der Waals surface area contributed by atoms with Gasteiger partial charge in [-0.2, -0.15) is 0 Å². The first-order chi connectivity index (χ1) is 11.1. The molecule has 0 spiro atoms. The van der Waals surface area contributed by atoms with Gasteiger partial charge in [-0.15, -0.1) is 0 Å². The number of hydrogen-bond acceptors (Lipinski definition) is 4. The molecule has 6 heteroatoms. The second-order valence-corrected chi connectivity index (χ2v) is 5.52. The average Bonchev–Trinajstić information content (AvgIpc) is 2.80. The van der Waals surface area contributed by atoms with E-state index in [1.165, 1.54) is 0 Å². The van der Waals surface area contributed by atoms with E-state index in [9.17, 15) is 9.59 Å². The van der Waals surface area contributed by atoms with E-state index in [1.54, 1.807) is 29.9 Å². The molecule has 0 aromatic heterocycles. The van der Waals surface area contributed by atoms with Crippen molar-refractivity contribution in [3.8, 4) is 5.75 Å². The molecule has 0 aliphatic carbocycles. The number of rotatable bonds is 3. The molecule has 6 nitrogen and oxygen atoms in total. The van der Waals surface area contributed by atoms with Crippen LogP contribution in [-0.4, -0.2) is 61.7 Å². The monoisotopic (exact) mass is 320 g/mol. The van der Waals surface area contributed by atoms with E-state index in [0.717, 1.165) is 17.7 Å². The number of methoxy groups -OCH3 is 1. The van der Waals surface area contributed by atoms with Crippen molar-refractivity contribution in [2.75, 3.05) is 39.9 Å². The van der Waals surface area contributed by atoms with Crippen LogP contribution in [0.5, 0.6) is 5.75 Å². The maximum Gasteiger partial charge on any atom is 0.409 e. The summed E-state index contributed by atoms with van der Waals surface area (Å²) in [4.78, 5) is 27.9. The van der Waals surface area contributed by atoms with Crippen molar-refractivity contribution in [1.29, 1.82) is 0 Å². The summed E-state index contributed by atoms with van der Waals surface area (Å²) < 4.78 is 10.3. The maximum absolute atomic E-state index is 12.7. The molecule has 1 saturated heterocycles. The summed E-state index contributed by atoms with van der Waals surface area (Å²) in [5, 5.41) is 0. The highest BCUT2D eigenvalue weighted by Crippen LogP contribution is 2.20. The Labute approximate surface area is 137 Å². The Kier molecular flexibility index (Phi) is 5.84. The summed E-state index contributed by atoms with van der Waals surface area (Å²) in [7, 11) is 1.61. The Hall–Kier alpha value is -2.24. The number of carbonyl (C=O) groups excluding carboxylic acids is 2. The van der Waals surface area contributed by atoms with Crippen molar-refractivity contribution in [3.05, 3.63) is 29.3 Å². The molecule has 0 radical (unpaired) electrons. The Morgan fingerprint density at radius 2 is 1.83 bits per heavy atom. The third-order valence-corrected chi connectivity index (χ3v) is 3.95. The van der Waals surface area contributed by atoms with Gasteiger partial charge in [0.25, 0.3) is 5.91 Å². The number of carbonyl (C=O) groups is 2. The van der Waals surface area contributed by atoms with E-state index in [4.69, 9.17) is 9.47 Å². The fourth-order valence-corrected chi connectivity index (χ4v) is 2.71. The van der Waals surface area contributed by atoms with Crippen LogP contribution in [-0.2, 0) is 4.74 Å². The summed E-state index contributed by atoms with van der Waals surface area (Å²) in [5.74, 6) is 0.757. The van der Waals surface area contributed by atoms with Crippen LogP contribution in [0.3, 0.4) is 0 Å². The van der Waals surface area contributed by atoms with Gasteiger partial charge in [-0.1, -0.05) is 0 Å². The van der Waals surface area contributed by atoms with E-state index in [1.807, 2.05) is 19.1 Å². The minimum atomic E-state index is -0.304. The predicted octanol–water partition coefficient (Wildman–Crippen LogP) is 2.31. The van der Waals surface area contributed by atoms with E-state index < -0.39 is 0 Å².